The Labute approximate surface area is 190 Å². The molecule has 0 aromatic heterocycles. The largest absolute Gasteiger partial charge is 0.301 e. The fourth-order valence-electron chi connectivity index (χ4n) is 4.12. The molecule has 0 spiro atoms. The Balaban J connectivity index is 0.000000202. The summed E-state index contributed by atoms with van der Waals surface area (Å²) in [5, 5.41) is 0. The minimum absolute atomic E-state index is 0.769. The van der Waals surface area contributed by atoms with Crippen LogP contribution < -0.4 is 0 Å². The Morgan fingerprint density at radius 2 is 0.533 bits per heavy atom. The van der Waals surface area contributed by atoms with Gasteiger partial charge in [0.05, 0.1) is 0 Å². The molecule has 0 amide bonds. The van der Waals surface area contributed by atoms with Gasteiger partial charge in [0.25, 0.3) is 0 Å². The highest BCUT2D eigenvalue weighted by Crippen LogP contribution is 2.11. The van der Waals surface area contributed by atoms with Gasteiger partial charge in [0.15, 0.2) is 0 Å². The maximum atomic E-state index is 2.56. The number of rotatable bonds is 4. The number of hydrogen-bond acceptors (Lipinski definition) is 4. The van der Waals surface area contributed by atoms with Crippen molar-refractivity contribution in [1.82, 2.24) is 19.6 Å². The van der Waals surface area contributed by atoms with E-state index in [2.05, 4.69) is 75.0 Å². The lowest BCUT2D eigenvalue weighted by atomic mass is 10.1. The molecule has 0 aliphatic carbocycles. The van der Waals surface area contributed by atoms with E-state index in [9.17, 15) is 0 Å². The van der Waals surface area contributed by atoms with E-state index in [0.29, 0.717) is 0 Å². The molecule has 30 heavy (non-hydrogen) atoms. The van der Waals surface area contributed by atoms with Crippen molar-refractivity contribution in [2.75, 3.05) is 52.4 Å². The molecule has 4 aliphatic rings. The van der Waals surface area contributed by atoms with Crippen LogP contribution in [0.25, 0.3) is 0 Å². The van der Waals surface area contributed by atoms with Crippen LogP contribution >= 0.6 is 0 Å². The zero-order valence-corrected chi connectivity index (χ0v) is 22.0. The van der Waals surface area contributed by atoms with Crippen LogP contribution in [-0.2, 0) is 0 Å². The van der Waals surface area contributed by atoms with Crippen molar-refractivity contribution in [2.45, 2.75) is 118 Å². The molecule has 0 radical (unpaired) electrons. The van der Waals surface area contributed by atoms with Crippen LogP contribution in [0.2, 0.25) is 0 Å². The van der Waals surface area contributed by atoms with Gasteiger partial charge in [-0.15, -0.1) is 0 Å². The maximum Gasteiger partial charge on any atom is 0.0113 e. The van der Waals surface area contributed by atoms with E-state index in [1.165, 1.54) is 90.9 Å². The molecule has 0 bridgehead atoms. The van der Waals surface area contributed by atoms with Gasteiger partial charge in [0, 0.05) is 37.3 Å². The second-order valence-corrected chi connectivity index (χ2v) is 10.6. The molecular weight excluding hydrogens is 368 g/mol. The quantitative estimate of drug-likeness (QED) is 0.576. The van der Waals surface area contributed by atoms with Crippen LogP contribution in [0.5, 0.6) is 0 Å². The molecule has 0 atom stereocenters. The molecule has 0 unspecified atom stereocenters. The average Bonchev–Trinajstić information content (AvgIpc) is 3.37. The Bertz CT molecular complexity index is 388. The summed E-state index contributed by atoms with van der Waals surface area (Å²) >= 11 is 0. The molecule has 4 nitrogen and oxygen atoms in total. The maximum absolute atomic E-state index is 2.56. The predicted molar refractivity (Wildman–Crippen MR) is 135 cm³/mol. The van der Waals surface area contributed by atoms with Crippen LogP contribution in [0, 0.1) is 0 Å². The van der Waals surface area contributed by atoms with Crippen LogP contribution in [0.1, 0.15) is 93.9 Å². The topological polar surface area (TPSA) is 12.7 Å². The van der Waals surface area contributed by atoms with Crippen LogP contribution in [0.4, 0.5) is 0 Å². The summed E-state index contributed by atoms with van der Waals surface area (Å²) in [7, 11) is 0. The smallest absolute Gasteiger partial charge is 0.0113 e. The first-order chi connectivity index (χ1) is 14.2. The van der Waals surface area contributed by atoms with E-state index in [-0.39, 0.29) is 0 Å². The lowest BCUT2D eigenvalue weighted by Crippen LogP contribution is -2.41. The van der Waals surface area contributed by atoms with Crippen molar-refractivity contribution >= 4 is 0 Å². The Morgan fingerprint density at radius 3 is 0.667 bits per heavy atom. The van der Waals surface area contributed by atoms with Crippen molar-refractivity contribution in [3.05, 3.63) is 0 Å². The molecular formula is C26H56N4. The molecule has 4 fully saturated rings. The highest BCUT2D eigenvalue weighted by atomic mass is 15.3. The van der Waals surface area contributed by atoms with E-state index in [0.717, 1.165) is 24.2 Å². The van der Waals surface area contributed by atoms with Gasteiger partial charge < -0.3 is 14.7 Å². The summed E-state index contributed by atoms with van der Waals surface area (Å²) in [5.74, 6) is 0. The van der Waals surface area contributed by atoms with Crippen LogP contribution in [-0.4, -0.2) is 96.1 Å². The highest BCUT2D eigenvalue weighted by molar-refractivity contribution is 4.75. The van der Waals surface area contributed by atoms with Gasteiger partial charge >= 0.3 is 0 Å². The van der Waals surface area contributed by atoms with Crippen LogP contribution in [0.15, 0.2) is 0 Å². The van der Waals surface area contributed by atoms with Gasteiger partial charge in [0.2, 0.25) is 0 Å². The molecule has 4 rings (SSSR count). The average molecular weight is 425 g/mol. The summed E-state index contributed by atoms with van der Waals surface area (Å²) < 4.78 is 0. The normalized spacial score (nSPS) is 22.8. The fourth-order valence-corrected chi connectivity index (χ4v) is 4.12. The van der Waals surface area contributed by atoms with E-state index in [1.807, 2.05) is 0 Å². The van der Waals surface area contributed by atoms with E-state index < -0.39 is 0 Å². The molecule has 4 aliphatic heterocycles. The Kier molecular flexibility index (Phi) is 14.5. The zero-order chi connectivity index (χ0) is 22.5. The second kappa shape index (κ2) is 15.6. The van der Waals surface area contributed by atoms with Crippen molar-refractivity contribution in [2.24, 2.45) is 0 Å². The third-order valence-corrected chi connectivity index (χ3v) is 6.82. The number of likely N-dealkylation sites (tertiary alicyclic amines) is 3. The van der Waals surface area contributed by atoms with E-state index in [4.69, 9.17) is 0 Å². The van der Waals surface area contributed by atoms with Gasteiger partial charge in [-0.1, -0.05) is 6.42 Å². The summed E-state index contributed by atoms with van der Waals surface area (Å²) in [6.07, 6.45) is 8.52. The molecule has 0 aromatic rings. The van der Waals surface area contributed by atoms with Crippen molar-refractivity contribution in [3.8, 4) is 0 Å². The molecule has 4 heteroatoms. The first-order valence-corrected chi connectivity index (χ1v) is 13.2. The molecule has 180 valence electrons. The summed E-state index contributed by atoms with van der Waals surface area (Å²) in [6, 6.07) is 3.13. The van der Waals surface area contributed by atoms with Crippen molar-refractivity contribution in [3.63, 3.8) is 0 Å². The third-order valence-electron chi connectivity index (χ3n) is 6.82. The third kappa shape index (κ3) is 12.6. The summed E-state index contributed by atoms with van der Waals surface area (Å²) in [6.45, 7) is 28.7. The SMILES string of the molecule is CC(C)N1CC1.CC(C)N1CCC1.CC(C)N1CCCC1.CC(C)N1CCCCC1. The van der Waals surface area contributed by atoms with E-state index in [1.54, 1.807) is 0 Å². The lowest BCUT2D eigenvalue weighted by Gasteiger charge is -2.34. The zero-order valence-electron chi connectivity index (χ0n) is 22.0. The standard InChI is InChI=1S/C8H17N.C7H15N.C6H13N.C5H11N/c1-8(2)9-6-4-3-5-7-9;1-7(2)8-5-3-4-6-8;1-6(2)7-4-3-5-7;1-5(2)6-3-4-6/h8H,3-7H2,1-2H3;7H,3-6H2,1-2H3;6H,3-5H2,1-2H3;5H,3-4H2,1-2H3. The molecule has 0 saturated carbocycles. The number of hydrogen-bond donors (Lipinski definition) is 0. The molecule has 0 N–H and O–H groups in total. The molecule has 4 heterocycles. The van der Waals surface area contributed by atoms with Crippen molar-refractivity contribution in [1.29, 1.82) is 0 Å². The van der Waals surface area contributed by atoms with Crippen LogP contribution in [0.3, 0.4) is 0 Å². The first-order valence-electron chi connectivity index (χ1n) is 13.2. The highest BCUT2D eigenvalue weighted by Gasteiger charge is 2.19. The first kappa shape index (κ1) is 27.9. The summed E-state index contributed by atoms with van der Waals surface area (Å²) in [4.78, 5) is 9.98. The van der Waals surface area contributed by atoms with Gasteiger partial charge in [-0.2, -0.15) is 0 Å². The van der Waals surface area contributed by atoms with Gasteiger partial charge in [-0.3, -0.25) is 4.90 Å². The van der Waals surface area contributed by atoms with Gasteiger partial charge in [-0.25, -0.2) is 0 Å². The lowest BCUT2D eigenvalue weighted by molar-refractivity contribution is 0.138. The monoisotopic (exact) mass is 424 g/mol. The fraction of sp³-hybridized carbons (Fsp3) is 1.00. The number of nitrogens with zero attached hydrogens (tertiary/aromatic N) is 4. The molecule has 0 aromatic carbocycles. The molecule has 4 saturated heterocycles. The number of piperidine rings is 1. The van der Waals surface area contributed by atoms with Gasteiger partial charge in [-0.05, 0) is 127 Å². The predicted octanol–water partition coefficient (Wildman–Crippen LogP) is 5.18. The second-order valence-electron chi connectivity index (χ2n) is 10.6. The summed E-state index contributed by atoms with van der Waals surface area (Å²) in [5.41, 5.74) is 0. The minimum Gasteiger partial charge on any atom is -0.301 e. The van der Waals surface area contributed by atoms with E-state index >= 15 is 0 Å². The Morgan fingerprint density at radius 1 is 0.300 bits per heavy atom. The van der Waals surface area contributed by atoms with Gasteiger partial charge in [0.1, 0.15) is 0 Å². The Hall–Kier alpha value is -0.160. The van der Waals surface area contributed by atoms with Crippen molar-refractivity contribution < 1.29 is 0 Å². The minimum atomic E-state index is 0.769.